The molecular weight excluding hydrogens is 360 g/mol. The number of pyridine rings is 1. The minimum absolute atomic E-state index is 0.321. The molecule has 0 atom stereocenters. The number of methoxy groups -OCH3 is 2. The number of anilines is 1. The Labute approximate surface area is 135 Å². The Balaban J connectivity index is 2.29. The summed E-state index contributed by atoms with van der Waals surface area (Å²) in [7, 11) is 3.02. The molecule has 0 fully saturated rings. The molecule has 0 bridgehead atoms. The molecule has 21 heavy (non-hydrogen) atoms. The smallest absolute Gasteiger partial charge is 0.257 e. The number of nitrogens with one attached hydrogen (secondary N) is 1. The van der Waals surface area contributed by atoms with Gasteiger partial charge in [0, 0.05) is 29.0 Å². The first-order valence-corrected chi connectivity index (χ1v) is 7.05. The maximum Gasteiger partial charge on any atom is 0.257 e. The molecule has 1 heterocycles. The van der Waals surface area contributed by atoms with Crippen LogP contribution in [-0.4, -0.2) is 25.1 Å². The van der Waals surface area contributed by atoms with Crippen molar-refractivity contribution in [3.05, 3.63) is 45.7 Å². The molecular formula is C14H12BrClN2O3. The second kappa shape index (κ2) is 6.78. The zero-order valence-corrected chi connectivity index (χ0v) is 13.7. The van der Waals surface area contributed by atoms with Crippen LogP contribution in [0.5, 0.6) is 11.5 Å². The molecule has 2 rings (SSSR count). The summed E-state index contributed by atoms with van der Waals surface area (Å²) in [6.45, 7) is 0. The number of carbonyl (C=O) groups is 1. The average Bonchev–Trinajstić information content (AvgIpc) is 2.48. The number of hydrogen-bond acceptors (Lipinski definition) is 4. The summed E-state index contributed by atoms with van der Waals surface area (Å²) in [5, 5.41) is 3.06. The third kappa shape index (κ3) is 3.65. The van der Waals surface area contributed by atoms with Crippen molar-refractivity contribution >= 4 is 39.1 Å². The highest BCUT2D eigenvalue weighted by molar-refractivity contribution is 9.10. The molecule has 110 valence electrons. The second-order valence-corrected chi connectivity index (χ2v) is 5.36. The van der Waals surface area contributed by atoms with Gasteiger partial charge in [-0.15, -0.1) is 0 Å². The molecule has 0 saturated heterocycles. The van der Waals surface area contributed by atoms with Crippen molar-refractivity contribution in [2.75, 3.05) is 19.5 Å². The lowest BCUT2D eigenvalue weighted by Gasteiger charge is -2.12. The maximum absolute atomic E-state index is 12.2. The molecule has 2 aromatic rings. The van der Waals surface area contributed by atoms with E-state index in [4.69, 9.17) is 21.1 Å². The van der Waals surface area contributed by atoms with Gasteiger partial charge in [-0.05, 0) is 22.0 Å². The van der Waals surface area contributed by atoms with Gasteiger partial charge in [0.1, 0.15) is 0 Å². The molecule has 1 aromatic heterocycles. The van der Waals surface area contributed by atoms with Crippen molar-refractivity contribution in [2.45, 2.75) is 0 Å². The van der Waals surface area contributed by atoms with E-state index >= 15 is 0 Å². The molecule has 1 N–H and O–H groups in total. The van der Waals surface area contributed by atoms with Gasteiger partial charge in [0.05, 0.1) is 30.5 Å². The number of nitrogens with zero attached hydrogens (tertiary/aromatic N) is 1. The van der Waals surface area contributed by atoms with Gasteiger partial charge in [0.2, 0.25) is 0 Å². The third-order valence-corrected chi connectivity index (χ3v) is 3.43. The number of rotatable bonds is 4. The van der Waals surface area contributed by atoms with E-state index in [1.807, 2.05) is 0 Å². The van der Waals surface area contributed by atoms with Gasteiger partial charge in [0.25, 0.3) is 5.91 Å². The lowest BCUT2D eigenvalue weighted by Crippen LogP contribution is -2.12. The molecule has 7 heteroatoms. The van der Waals surface area contributed by atoms with Gasteiger partial charge >= 0.3 is 0 Å². The number of hydrogen-bond donors (Lipinski definition) is 1. The van der Waals surface area contributed by atoms with Crippen molar-refractivity contribution in [3.8, 4) is 11.5 Å². The normalized spacial score (nSPS) is 10.1. The summed E-state index contributed by atoms with van der Waals surface area (Å²) in [6, 6.07) is 4.84. The number of amides is 1. The van der Waals surface area contributed by atoms with E-state index in [9.17, 15) is 4.79 Å². The summed E-state index contributed by atoms with van der Waals surface area (Å²) < 4.78 is 11.0. The van der Waals surface area contributed by atoms with Crippen LogP contribution in [0, 0.1) is 0 Å². The fraction of sp³-hybridized carbons (Fsp3) is 0.143. The van der Waals surface area contributed by atoms with E-state index in [1.54, 1.807) is 24.4 Å². The Morgan fingerprint density at radius 1 is 1.19 bits per heavy atom. The van der Waals surface area contributed by atoms with Crippen LogP contribution in [0.4, 0.5) is 5.69 Å². The van der Waals surface area contributed by atoms with Crippen LogP contribution >= 0.6 is 27.5 Å². The van der Waals surface area contributed by atoms with Crippen molar-refractivity contribution in [3.63, 3.8) is 0 Å². The molecule has 5 nitrogen and oxygen atoms in total. The fourth-order valence-electron chi connectivity index (χ4n) is 1.68. The van der Waals surface area contributed by atoms with Gasteiger partial charge < -0.3 is 14.8 Å². The summed E-state index contributed by atoms with van der Waals surface area (Å²) in [5.41, 5.74) is 0.842. The van der Waals surface area contributed by atoms with E-state index in [0.717, 1.165) is 0 Å². The standard InChI is InChI=1S/C14H12BrClN2O3/c1-20-12-4-10(16)11(5-13(12)21-2)18-14(19)8-3-9(15)7-17-6-8/h3-7H,1-2H3,(H,18,19). The van der Waals surface area contributed by atoms with Crippen LogP contribution in [0.3, 0.4) is 0 Å². The summed E-state index contributed by atoms with van der Waals surface area (Å²) in [4.78, 5) is 16.1. The number of aromatic nitrogens is 1. The average molecular weight is 372 g/mol. The minimum Gasteiger partial charge on any atom is -0.493 e. The summed E-state index contributed by atoms with van der Waals surface area (Å²) >= 11 is 9.39. The molecule has 0 aliphatic heterocycles. The summed E-state index contributed by atoms with van der Waals surface area (Å²) in [5.74, 6) is 0.645. The third-order valence-electron chi connectivity index (χ3n) is 2.69. The van der Waals surface area contributed by atoms with Crippen molar-refractivity contribution < 1.29 is 14.3 Å². The molecule has 1 amide bonds. The lowest BCUT2D eigenvalue weighted by molar-refractivity contribution is 0.102. The van der Waals surface area contributed by atoms with Crippen LogP contribution in [0.1, 0.15) is 10.4 Å². The second-order valence-electron chi connectivity index (χ2n) is 4.03. The quantitative estimate of drug-likeness (QED) is 0.889. The van der Waals surface area contributed by atoms with E-state index < -0.39 is 0 Å². The zero-order chi connectivity index (χ0) is 15.4. The first-order chi connectivity index (χ1) is 10.0. The topological polar surface area (TPSA) is 60.5 Å². The number of ether oxygens (including phenoxy) is 2. The van der Waals surface area contributed by atoms with Crippen molar-refractivity contribution in [2.24, 2.45) is 0 Å². The van der Waals surface area contributed by atoms with E-state index in [-0.39, 0.29) is 5.91 Å². The van der Waals surface area contributed by atoms with Gasteiger partial charge in [-0.25, -0.2) is 0 Å². The van der Waals surface area contributed by atoms with Crippen LogP contribution in [0.25, 0.3) is 0 Å². The molecule has 0 aliphatic carbocycles. The molecule has 0 aliphatic rings. The molecule has 0 radical (unpaired) electrons. The summed E-state index contributed by atoms with van der Waals surface area (Å²) in [6.07, 6.45) is 3.06. The monoisotopic (exact) mass is 370 g/mol. The van der Waals surface area contributed by atoms with Gasteiger partial charge in [0.15, 0.2) is 11.5 Å². The molecule has 0 unspecified atom stereocenters. The van der Waals surface area contributed by atoms with Crippen LogP contribution in [0.2, 0.25) is 5.02 Å². The number of carbonyl (C=O) groups excluding carboxylic acids is 1. The van der Waals surface area contributed by atoms with Crippen LogP contribution in [0.15, 0.2) is 35.1 Å². The highest BCUT2D eigenvalue weighted by Gasteiger charge is 2.13. The number of halogens is 2. The Bertz CT molecular complexity index is 679. The highest BCUT2D eigenvalue weighted by Crippen LogP contribution is 2.36. The van der Waals surface area contributed by atoms with Crippen LogP contribution in [-0.2, 0) is 0 Å². The Kier molecular flexibility index (Phi) is 5.03. The molecule has 1 aromatic carbocycles. The SMILES string of the molecule is COc1cc(Cl)c(NC(=O)c2cncc(Br)c2)cc1OC. The Morgan fingerprint density at radius 3 is 2.48 bits per heavy atom. The Hall–Kier alpha value is -1.79. The van der Waals surface area contributed by atoms with Crippen molar-refractivity contribution in [1.29, 1.82) is 0 Å². The van der Waals surface area contributed by atoms with Crippen molar-refractivity contribution in [1.82, 2.24) is 4.98 Å². The zero-order valence-electron chi connectivity index (χ0n) is 11.3. The minimum atomic E-state index is -0.321. The van der Waals surface area contributed by atoms with E-state index in [2.05, 4.69) is 26.2 Å². The highest BCUT2D eigenvalue weighted by atomic mass is 79.9. The predicted molar refractivity (Wildman–Crippen MR) is 84.4 cm³/mol. The molecule has 0 spiro atoms. The molecule has 0 saturated carbocycles. The van der Waals surface area contributed by atoms with Gasteiger partial charge in [-0.2, -0.15) is 0 Å². The first kappa shape index (κ1) is 15.6. The Morgan fingerprint density at radius 2 is 1.86 bits per heavy atom. The van der Waals surface area contributed by atoms with Gasteiger partial charge in [-0.1, -0.05) is 11.6 Å². The van der Waals surface area contributed by atoms with E-state index in [0.29, 0.717) is 32.2 Å². The maximum atomic E-state index is 12.2. The predicted octanol–water partition coefficient (Wildman–Crippen LogP) is 3.77. The lowest BCUT2D eigenvalue weighted by atomic mass is 10.2. The fourth-order valence-corrected chi connectivity index (χ4v) is 2.25. The largest absolute Gasteiger partial charge is 0.493 e. The van der Waals surface area contributed by atoms with Crippen LogP contribution < -0.4 is 14.8 Å². The van der Waals surface area contributed by atoms with Gasteiger partial charge in [-0.3, -0.25) is 9.78 Å². The number of benzene rings is 1. The van der Waals surface area contributed by atoms with E-state index in [1.165, 1.54) is 20.4 Å². The first-order valence-electron chi connectivity index (χ1n) is 5.88.